The number of phenolic OH excluding ortho intramolecular Hbond substituents is 1. The van der Waals surface area contributed by atoms with Gasteiger partial charge in [0.15, 0.2) is 0 Å². The van der Waals surface area contributed by atoms with Gasteiger partial charge in [0.2, 0.25) is 5.91 Å². The van der Waals surface area contributed by atoms with E-state index in [-0.39, 0.29) is 17.2 Å². The molecule has 4 heteroatoms. The van der Waals surface area contributed by atoms with Crippen molar-refractivity contribution in [3.8, 4) is 5.75 Å². The van der Waals surface area contributed by atoms with Gasteiger partial charge < -0.3 is 10.4 Å². The monoisotopic (exact) mass is 220 g/mol. The zero-order valence-electron chi connectivity index (χ0n) is 9.45. The normalized spacial score (nSPS) is 23.9. The molecule has 1 unspecified atom stereocenters. The molecule has 16 heavy (non-hydrogen) atoms. The van der Waals surface area contributed by atoms with E-state index in [0.29, 0.717) is 6.54 Å². The van der Waals surface area contributed by atoms with E-state index in [4.69, 9.17) is 0 Å². The molecule has 3 N–H and O–H groups in total. The van der Waals surface area contributed by atoms with Crippen molar-refractivity contribution < 1.29 is 9.90 Å². The molecular weight excluding hydrogens is 204 g/mol. The van der Waals surface area contributed by atoms with Gasteiger partial charge in [-0.15, -0.1) is 0 Å². The van der Waals surface area contributed by atoms with Crippen LogP contribution in [0.2, 0.25) is 0 Å². The maximum atomic E-state index is 11.7. The molecule has 1 aromatic rings. The predicted molar refractivity (Wildman–Crippen MR) is 61.1 cm³/mol. The van der Waals surface area contributed by atoms with Gasteiger partial charge in [-0.25, -0.2) is 0 Å². The lowest BCUT2D eigenvalue weighted by Gasteiger charge is -2.37. The standard InChI is InChI=1S/C12H16N2O2/c1-12(2)7-13-11(16)10(14-12)8-4-3-5-9(15)6-8/h3-6,10,14-15H,7H2,1-2H3,(H,13,16). The van der Waals surface area contributed by atoms with Crippen molar-refractivity contribution in [1.82, 2.24) is 10.6 Å². The summed E-state index contributed by atoms with van der Waals surface area (Å²) in [6, 6.07) is 6.38. The minimum absolute atomic E-state index is 0.0510. The number of nitrogens with one attached hydrogen (secondary N) is 2. The number of hydrogen-bond acceptors (Lipinski definition) is 3. The molecule has 1 aliphatic heterocycles. The first-order valence-electron chi connectivity index (χ1n) is 5.32. The van der Waals surface area contributed by atoms with E-state index in [1.165, 1.54) is 0 Å². The molecule has 0 saturated carbocycles. The summed E-state index contributed by atoms with van der Waals surface area (Å²) < 4.78 is 0. The lowest BCUT2D eigenvalue weighted by molar-refractivity contribution is -0.126. The van der Waals surface area contributed by atoms with Gasteiger partial charge in [0, 0.05) is 12.1 Å². The Hall–Kier alpha value is -1.55. The number of phenols is 1. The van der Waals surface area contributed by atoms with Gasteiger partial charge in [0.1, 0.15) is 11.8 Å². The van der Waals surface area contributed by atoms with Crippen molar-refractivity contribution in [3.05, 3.63) is 29.8 Å². The molecule has 1 atom stereocenters. The maximum Gasteiger partial charge on any atom is 0.241 e. The van der Waals surface area contributed by atoms with Gasteiger partial charge in [-0.2, -0.15) is 0 Å². The first-order chi connectivity index (χ1) is 7.48. The highest BCUT2D eigenvalue weighted by Crippen LogP contribution is 2.23. The summed E-state index contributed by atoms with van der Waals surface area (Å²) in [5.74, 6) is 0.125. The number of amides is 1. The smallest absolute Gasteiger partial charge is 0.241 e. The van der Waals surface area contributed by atoms with Crippen molar-refractivity contribution in [2.75, 3.05) is 6.54 Å². The van der Waals surface area contributed by atoms with Crippen LogP contribution in [-0.2, 0) is 4.79 Å². The zero-order chi connectivity index (χ0) is 11.8. The fraction of sp³-hybridized carbons (Fsp3) is 0.417. The SMILES string of the molecule is CC1(C)CNC(=O)C(c2cccc(O)c2)N1. The van der Waals surface area contributed by atoms with Crippen molar-refractivity contribution in [2.45, 2.75) is 25.4 Å². The molecule has 1 fully saturated rings. The Morgan fingerprint density at radius 2 is 2.19 bits per heavy atom. The molecule has 1 heterocycles. The highest BCUT2D eigenvalue weighted by molar-refractivity contribution is 5.84. The highest BCUT2D eigenvalue weighted by atomic mass is 16.3. The van der Waals surface area contributed by atoms with Crippen LogP contribution < -0.4 is 10.6 Å². The van der Waals surface area contributed by atoms with Crippen LogP contribution >= 0.6 is 0 Å². The number of aromatic hydroxyl groups is 1. The van der Waals surface area contributed by atoms with E-state index in [9.17, 15) is 9.90 Å². The van der Waals surface area contributed by atoms with Crippen LogP contribution in [-0.4, -0.2) is 23.1 Å². The molecule has 1 amide bonds. The summed E-state index contributed by atoms with van der Waals surface area (Å²) in [4.78, 5) is 11.7. The average molecular weight is 220 g/mol. The van der Waals surface area contributed by atoms with Crippen LogP contribution in [0.5, 0.6) is 5.75 Å². The van der Waals surface area contributed by atoms with Crippen LogP contribution in [0, 0.1) is 0 Å². The lowest BCUT2D eigenvalue weighted by Crippen LogP contribution is -2.59. The second-order valence-electron chi connectivity index (χ2n) is 4.77. The molecular formula is C12H16N2O2. The third-order valence-electron chi connectivity index (χ3n) is 2.71. The molecule has 2 rings (SSSR count). The minimum Gasteiger partial charge on any atom is -0.508 e. The molecule has 4 nitrogen and oxygen atoms in total. The first kappa shape index (κ1) is 11.0. The third kappa shape index (κ3) is 2.17. The summed E-state index contributed by atoms with van der Waals surface area (Å²) in [6.45, 7) is 4.67. The predicted octanol–water partition coefficient (Wildman–Crippen LogP) is 0.931. The molecule has 1 aromatic carbocycles. The summed E-state index contributed by atoms with van der Waals surface area (Å²) >= 11 is 0. The summed E-state index contributed by atoms with van der Waals surface area (Å²) in [6.07, 6.45) is 0. The van der Waals surface area contributed by atoms with E-state index in [1.807, 2.05) is 19.9 Å². The van der Waals surface area contributed by atoms with Gasteiger partial charge in [-0.3, -0.25) is 10.1 Å². The van der Waals surface area contributed by atoms with Crippen LogP contribution in [0.4, 0.5) is 0 Å². The van der Waals surface area contributed by atoms with Crippen molar-refractivity contribution in [2.24, 2.45) is 0 Å². The Morgan fingerprint density at radius 1 is 1.44 bits per heavy atom. The Kier molecular flexibility index (Phi) is 2.59. The van der Waals surface area contributed by atoms with Gasteiger partial charge >= 0.3 is 0 Å². The molecule has 86 valence electrons. The third-order valence-corrected chi connectivity index (χ3v) is 2.71. The maximum absolute atomic E-state index is 11.7. The number of piperazine rings is 1. The second-order valence-corrected chi connectivity index (χ2v) is 4.77. The van der Waals surface area contributed by atoms with Crippen LogP contribution in [0.3, 0.4) is 0 Å². The summed E-state index contributed by atoms with van der Waals surface area (Å²) in [7, 11) is 0. The fourth-order valence-electron chi connectivity index (χ4n) is 1.86. The van der Waals surface area contributed by atoms with E-state index >= 15 is 0 Å². The van der Waals surface area contributed by atoms with Gasteiger partial charge in [-0.1, -0.05) is 12.1 Å². The van der Waals surface area contributed by atoms with Crippen molar-refractivity contribution >= 4 is 5.91 Å². The topological polar surface area (TPSA) is 61.4 Å². The quantitative estimate of drug-likeness (QED) is 0.660. The Labute approximate surface area is 94.7 Å². The molecule has 1 aliphatic rings. The molecule has 0 bridgehead atoms. The number of carbonyl (C=O) groups is 1. The summed E-state index contributed by atoms with van der Waals surface area (Å²) in [5, 5.41) is 15.5. The largest absolute Gasteiger partial charge is 0.508 e. The minimum atomic E-state index is -0.393. The van der Waals surface area contributed by atoms with E-state index in [2.05, 4.69) is 10.6 Å². The van der Waals surface area contributed by atoms with Gasteiger partial charge in [-0.05, 0) is 31.5 Å². The van der Waals surface area contributed by atoms with Crippen LogP contribution in [0.15, 0.2) is 24.3 Å². The highest BCUT2D eigenvalue weighted by Gasteiger charge is 2.33. The number of carbonyl (C=O) groups excluding carboxylic acids is 1. The van der Waals surface area contributed by atoms with Crippen molar-refractivity contribution in [1.29, 1.82) is 0 Å². The molecule has 1 saturated heterocycles. The number of benzene rings is 1. The van der Waals surface area contributed by atoms with Gasteiger partial charge in [0.05, 0.1) is 0 Å². The first-order valence-corrected chi connectivity index (χ1v) is 5.32. The average Bonchev–Trinajstić information content (AvgIpc) is 2.22. The lowest BCUT2D eigenvalue weighted by atomic mass is 9.95. The summed E-state index contributed by atoms with van der Waals surface area (Å²) in [5.41, 5.74) is 0.648. The fourth-order valence-corrected chi connectivity index (χ4v) is 1.86. The Morgan fingerprint density at radius 3 is 2.88 bits per heavy atom. The molecule has 0 radical (unpaired) electrons. The van der Waals surface area contributed by atoms with Crippen LogP contribution in [0.25, 0.3) is 0 Å². The zero-order valence-corrected chi connectivity index (χ0v) is 9.45. The number of hydrogen-bond donors (Lipinski definition) is 3. The Balaban J connectivity index is 2.28. The second kappa shape index (κ2) is 3.79. The van der Waals surface area contributed by atoms with Crippen LogP contribution in [0.1, 0.15) is 25.5 Å². The molecule has 0 aromatic heterocycles. The Bertz CT molecular complexity index is 415. The molecule has 0 spiro atoms. The van der Waals surface area contributed by atoms with E-state index < -0.39 is 6.04 Å². The van der Waals surface area contributed by atoms with Crippen molar-refractivity contribution in [3.63, 3.8) is 0 Å². The van der Waals surface area contributed by atoms with E-state index in [1.54, 1.807) is 18.2 Å². The number of rotatable bonds is 1. The van der Waals surface area contributed by atoms with E-state index in [0.717, 1.165) is 5.56 Å². The molecule has 0 aliphatic carbocycles. The van der Waals surface area contributed by atoms with Gasteiger partial charge in [0.25, 0.3) is 0 Å².